The van der Waals surface area contributed by atoms with Gasteiger partial charge in [0.2, 0.25) is 5.88 Å². The van der Waals surface area contributed by atoms with Crippen molar-refractivity contribution < 1.29 is 17.9 Å². The molecule has 0 aliphatic rings. The number of methoxy groups -OCH3 is 1. The van der Waals surface area contributed by atoms with Crippen LogP contribution in [-0.2, 0) is 0 Å². The second-order valence-corrected chi connectivity index (χ2v) is 5.00. The predicted molar refractivity (Wildman–Crippen MR) is 75.2 cm³/mol. The van der Waals surface area contributed by atoms with E-state index in [1.54, 1.807) is 19.9 Å². The molecule has 0 atom stereocenters. The first-order valence-electron chi connectivity index (χ1n) is 6.56. The van der Waals surface area contributed by atoms with Crippen molar-refractivity contribution in [1.29, 1.82) is 0 Å². The van der Waals surface area contributed by atoms with Crippen molar-refractivity contribution in [2.45, 2.75) is 26.2 Å². The van der Waals surface area contributed by atoms with Crippen LogP contribution in [0.5, 0.6) is 5.88 Å². The Balaban J connectivity index is 2.64. The Morgan fingerprint density at radius 3 is 2.38 bits per heavy atom. The molecule has 0 spiro atoms. The predicted octanol–water partition coefficient (Wildman–Crippen LogP) is 4.96. The minimum atomic E-state index is -2.68. The molecule has 0 saturated carbocycles. The molecule has 1 heterocycles. The Morgan fingerprint density at radius 1 is 1.10 bits per heavy atom. The van der Waals surface area contributed by atoms with E-state index in [2.05, 4.69) is 4.98 Å². The third-order valence-electron chi connectivity index (χ3n) is 3.28. The van der Waals surface area contributed by atoms with Gasteiger partial charge in [0.1, 0.15) is 5.82 Å². The number of alkyl halides is 2. The van der Waals surface area contributed by atoms with E-state index in [-0.39, 0.29) is 22.6 Å². The van der Waals surface area contributed by atoms with Gasteiger partial charge in [-0.1, -0.05) is 13.8 Å². The number of benzene rings is 1. The lowest BCUT2D eigenvalue weighted by Crippen LogP contribution is -2.00. The van der Waals surface area contributed by atoms with Crippen molar-refractivity contribution in [3.8, 4) is 17.0 Å². The van der Waals surface area contributed by atoms with Crippen LogP contribution in [0.1, 0.15) is 37.3 Å². The molecule has 0 aliphatic heterocycles. The van der Waals surface area contributed by atoms with Gasteiger partial charge in [-0.25, -0.2) is 18.2 Å². The molecule has 2 nitrogen and oxygen atoms in total. The molecule has 0 amide bonds. The van der Waals surface area contributed by atoms with Gasteiger partial charge in [-0.3, -0.25) is 0 Å². The number of nitrogens with zero attached hydrogens (tertiary/aromatic N) is 1. The van der Waals surface area contributed by atoms with Crippen molar-refractivity contribution in [3.05, 3.63) is 47.4 Å². The minimum absolute atomic E-state index is 0.160. The number of ether oxygens (including phenoxy) is 1. The number of rotatable bonds is 4. The summed E-state index contributed by atoms with van der Waals surface area (Å²) in [6.45, 7) is 3.53. The highest BCUT2D eigenvalue weighted by atomic mass is 19.3. The maximum atomic E-state index is 14.1. The van der Waals surface area contributed by atoms with Gasteiger partial charge in [0.05, 0.1) is 7.11 Å². The molecular formula is C16H16F3NO. The average molecular weight is 295 g/mol. The van der Waals surface area contributed by atoms with Crippen LogP contribution in [0.15, 0.2) is 30.5 Å². The summed E-state index contributed by atoms with van der Waals surface area (Å²) < 4.78 is 45.7. The number of pyridine rings is 1. The van der Waals surface area contributed by atoms with E-state index < -0.39 is 12.2 Å². The van der Waals surface area contributed by atoms with E-state index in [0.717, 1.165) is 6.07 Å². The van der Waals surface area contributed by atoms with Gasteiger partial charge in [0.15, 0.2) is 0 Å². The molecule has 0 bridgehead atoms. The summed E-state index contributed by atoms with van der Waals surface area (Å²) in [7, 11) is 1.43. The number of halogens is 3. The molecule has 0 fully saturated rings. The lowest BCUT2D eigenvalue weighted by Gasteiger charge is -2.15. The molecule has 2 rings (SSSR count). The van der Waals surface area contributed by atoms with Crippen LogP contribution in [0.3, 0.4) is 0 Å². The lowest BCUT2D eigenvalue weighted by atomic mass is 9.93. The van der Waals surface area contributed by atoms with Crippen molar-refractivity contribution >= 4 is 0 Å². The fourth-order valence-electron chi connectivity index (χ4n) is 2.17. The van der Waals surface area contributed by atoms with E-state index in [0.29, 0.717) is 11.4 Å². The SMILES string of the molecule is COc1cc(-c2cc(F)c(C(C)C)cc2C(F)F)ccn1. The molecule has 0 saturated heterocycles. The Kier molecular flexibility index (Phi) is 4.50. The van der Waals surface area contributed by atoms with Crippen LogP contribution < -0.4 is 4.74 Å². The summed E-state index contributed by atoms with van der Waals surface area (Å²) in [5.74, 6) is -0.357. The topological polar surface area (TPSA) is 22.1 Å². The normalized spacial score (nSPS) is 11.2. The van der Waals surface area contributed by atoms with Gasteiger partial charge in [0, 0.05) is 17.8 Å². The molecule has 0 N–H and O–H groups in total. The zero-order chi connectivity index (χ0) is 15.6. The van der Waals surface area contributed by atoms with Crippen LogP contribution >= 0.6 is 0 Å². The van der Waals surface area contributed by atoms with Gasteiger partial charge < -0.3 is 4.74 Å². The van der Waals surface area contributed by atoms with Crippen LogP contribution in [0.25, 0.3) is 11.1 Å². The summed E-state index contributed by atoms with van der Waals surface area (Å²) in [6.07, 6.45) is -1.24. The standard InChI is InChI=1S/C16H16F3NO/c1-9(2)11-7-13(16(18)19)12(8-14(11)17)10-4-5-20-15(6-10)21-3/h4-9,16H,1-3H3. The second-order valence-electron chi connectivity index (χ2n) is 5.00. The highest BCUT2D eigenvalue weighted by Crippen LogP contribution is 2.35. The molecule has 2 aromatic rings. The molecule has 1 aromatic heterocycles. The quantitative estimate of drug-likeness (QED) is 0.795. The summed E-state index contributed by atoms with van der Waals surface area (Å²) >= 11 is 0. The lowest BCUT2D eigenvalue weighted by molar-refractivity contribution is 0.152. The zero-order valence-corrected chi connectivity index (χ0v) is 12.0. The fourth-order valence-corrected chi connectivity index (χ4v) is 2.17. The van der Waals surface area contributed by atoms with Gasteiger partial charge in [-0.15, -0.1) is 0 Å². The Bertz CT molecular complexity index is 641. The van der Waals surface area contributed by atoms with E-state index >= 15 is 0 Å². The molecule has 1 aromatic carbocycles. The van der Waals surface area contributed by atoms with E-state index in [1.807, 2.05) is 0 Å². The van der Waals surface area contributed by atoms with Crippen LogP contribution in [0.4, 0.5) is 13.2 Å². The van der Waals surface area contributed by atoms with E-state index in [9.17, 15) is 13.2 Å². The molecule has 5 heteroatoms. The van der Waals surface area contributed by atoms with Gasteiger partial charge >= 0.3 is 0 Å². The average Bonchev–Trinajstić information content (AvgIpc) is 2.46. The monoisotopic (exact) mass is 295 g/mol. The maximum absolute atomic E-state index is 14.1. The number of hydrogen-bond donors (Lipinski definition) is 0. The third-order valence-corrected chi connectivity index (χ3v) is 3.28. The third kappa shape index (κ3) is 3.17. The second kappa shape index (κ2) is 6.16. The van der Waals surface area contributed by atoms with Crippen LogP contribution in [0.2, 0.25) is 0 Å². The maximum Gasteiger partial charge on any atom is 0.264 e. The number of hydrogen-bond acceptors (Lipinski definition) is 2. The highest BCUT2D eigenvalue weighted by molar-refractivity contribution is 5.69. The van der Waals surface area contributed by atoms with Gasteiger partial charge in [0.25, 0.3) is 6.43 Å². The van der Waals surface area contributed by atoms with Crippen molar-refractivity contribution in [2.24, 2.45) is 0 Å². The molecule has 112 valence electrons. The first-order chi connectivity index (χ1) is 9.93. The van der Waals surface area contributed by atoms with Crippen LogP contribution in [0, 0.1) is 5.82 Å². The van der Waals surface area contributed by atoms with Gasteiger partial charge in [-0.05, 0) is 40.8 Å². The first kappa shape index (κ1) is 15.4. The molecular weight excluding hydrogens is 279 g/mol. The van der Waals surface area contributed by atoms with Crippen molar-refractivity contribution in [1.82, 2.24) is 4.98 Å². The van der Waals surface area contributed by atoms with E-state index in [1.165, 1.54) is 25.4 Å². The molecule has 0 unspecified atom stereocenters. The largest absolute Gasteiger partial charge is 0.481 e. The summed E-state index contributed by atoms with van der Waals surface area (Å²) in [4.78, 5) is 3.92. The Labute approximate surface area is 121 Å². The summed E-state index contributed by atoms with van der Waals surface area (Å²) in [5.41, 5.74) is 0.711. The first-order valence-corrected chi connectivity index (χ1v) is 6.56. The van der Waals surface area contributed by atoms with Crippen LogP contribution in [-0.4, -0.2) is 12.1 Å². The highest BCUT2D eigenvalue weighted by Gasteiger charge is 2.19. The Morgan fingerprint density at radius 2 is 1.81 bits per heavy atom. The van der Waals surface area contributed by atoms with Gasteiger partial charge in [-0.2, -0.15) is 0 Å². The molecule has 21 heavy (non-hydrogen) atoms. The molecule has 0 radical (unpaired) electrons. The van der Waals surface area contributed by atoms with Crippen molar-refractivity contribution in [3.63, 3.8) is 0 Å². The van der Waals surface area contributed by atoms with E-state index in [4.69, 9.17) is 4.74 Å². The summed E-state index contributed by atoms with van der Waals surface area (Å²) in [6, 6.07) is 5.46. The smallest absolute Gasteiger partial charge is 0.264 e. The number of aromatic nitrogens is 1. The fraction of sp³-hybridized carbons (Fsp3) is 0.312. The minimum Gasteiger partial charge on any atom is -0.481 e. The zero-order valence-electron chi connectivity index (χ0n) is 12.0. The Hall–Kier alpha value is -2.04. The molecule has 0 aliphatic carbocycles. The van der Waals surface area contributed by atoms with Crippen molar-refractivity contribution in [2.75, 3.05) is 7.11 Å². The summed E-state index contributed by atoms with van der Waals surface area (Å²) in [5, 5.41) is 0.